The maximum absolute atomic E-state index is 5.06. The van der Waals surface area contributed by atoms with Crippen LogP contribution < -0.4 is 5.90 Å². The van der Waals surface area contributed by atoms with Crippen LogP contribution in [-0.2, 0) is 16.8 Å². The van der Waals surface area contributed by atoms with Crippen molar-refractivity contribution >= 4 is 0 Å². The van der Waals surface area contributed by atoms with Gasteiger partial charge in [-0.1, -0.05) is 13.8 Å². The van der Waals surface area contributed by atoms with Gasteiger partial charge in [0.15, 0.2) is 0 Å². The second-order valence-corrected chi connectivity index (χ2v) is 3.75. The molecule has 0 saturated heterocycles. The van der Waals surface area contributed by atoms with Crippen LogP contribution in [0.25, 0.3) is 0 Å². The summed E-state index contributed by atoms with van der Waals surface area (Å²) in [6.07, 6.45) is 1.97. The van der Waals surface area contributed by atoms with E-state index in [0.717, 1.165) is 12.2 Å². The average Bonchev–Trinajstić information content (AvgIpc) is 2.52. The zero-order valence-electron chi connectivity index (χ0n) is 8.45. The number of aryl methyl sites for hydroxylation is 1. The first-order valence-electron chi connectivity index (χ1n) is 4.46. The Kier molecular flexibility index (Phi) is 3.06. The molecule has 0 spiro atoms. The third-order valence-corrected chi connectivity index (χ3v) is 2.10. The molecule has 1 aromatic heterocycles. The molecule has 0 aliphatic rings. The second kappa shape index (κ2) is 3.89. The van der Waals surface area contributed by atoms with Crippen LogP contribution in [0.2, 0.25) is 0 Å². The van der Waals surface area contributed by atoms with Crippen molar-refractivity contribution in [3.63, 3.8) is 0 Å². The van der Waals surface area contributed by atoms with Gasteiger partial charge in [-0.2, -0.15) is 5.10 Å². The van der Waals surface area contributed by atoms with E-state index in [9.17, 15) is 0 Å². The number of hydrogen-bond donors (Lipinski definition) is 1. The minimum absolute atomic E-state index is 0.116. The molecular weight excluding hydrogens is 166 g/mol. The van der Waals surface area contributed by atoms with Crippen LogP contribution in [0.5, 0.6) is 0 Å². The predicted octanol–water partition coefficient (Wildman–Crippen LogP) is 1.07. The molecule has 1 heterocycles. The SMILES string of the molecule is CCn1ccc(C(C)(C)CON)n1. The Morgan fingerprint density at radius 3 is 2.77 bits per heavy atom. The number of aromatic nitrogens is 2. The molecular formula is C9H17N3O. The van der Waals surface area contributed by atoms with Crippen LogP contribution in [0.4, 0.5) is 0 Å². The highest BCUT2D eigenvalue weighted by atomic mass is 16.6. The summed E-state index contributed by atoms with van der Waals surface area (Å²) in [5.41, 5.74) is 0.898. The van der Waals surface area contributed by atoms with E-state index in [4.69, 9.17) is 5.90 Å². The smallest absolute Gasteiger partial charge is 0.0786 e. The van der Waals surface area contributed by atoms with E-state index in [1.807, 2.05) is 16.9 Å². The fourth-order valence-corrected chi connectivity index (χ4v) is 1.18. The summed E-state index contributed by atoms with van der Waals surface area (Å²) in [7, 11) is 0. The molecule has 0 bridgehead atoms. The van der Waals surface area contributed by atoms with E-state index in [2.05, 4.69) is 30.7 Å². The maximum atomic E-state index is 5.06. The molecule has 13 heavy (non-hydrogen) atoms. The van der Waals surface area contributed by atoms with Crippen molar-refractivity contribution in [1.82, 2.24) is 9.78 Å². The van der Waals surface area contributed by atoms with Crippen molar-refractivity contribution in [2.45, 2.75) is 32.7 Å². The Morgan fingerprint density at radius 2 is 2.31 bits per heavy atom. The molecule has 0 saturated carbocycles. The van der Waals surface area contributed by atoms with E-state index < -0.39 is 0 Å². The zero-order valence-corrected chi connectivity index (χ0v) is 8.45. The van der Waals surface area contributed by atoms with Gasteiger partial charge >= 0.3 is 0 Å². The molecule has 4 heteroatoms. The van der Waals surface area contributed by atoms with E-state index >= 15 is 0 Å². The molecule has 74 valence electrons. The lowest BCUT2D eigenvalue weighted by atomic mass is 9.91. The molecule has 0 unspecified atom stereocenters. The Balaban J connectivity index is 2.80. The third-order valence-electron chi connectivity index (χ3n) is 2.10. The van der Waals surface area contributed by atoms with Crippen molar-refractivity contribution in [2.24, 2.45) is 5.90 Å². The lowest BCUT2D eigenvalue weighted by Gasteiger charge is -2.20. The minimum Gasteiger partial charge on any atom is -0.304 e. The summed E-state index contributed by atoms with van der Waals surface area (Å²) in [4.78, 5) is 4.65. The van der Waals surface area contributed by atoms with Gasteiger partial charge in [0, 0.05) is 18.2 Å². The van der Waals surface area contributed by atoms with Gasteiger partial charge in [0.2, 0.25) is 0 Å². The molecule has 0 radical (unpaired) electrons. The van der Waals surface area contributed by atoms with Crippen LogP contribution in [0.3, 0.4) is 0 Å². The fourth-order valence-electron chi connectivity index (χ4n) is 1.18. The summed E-state index contributed by atoms with van der Waals surface area (Å²) < 4.78 is 1.90. The molecule has 0 fully saturated rings. The molecule has 0 aliphatic carbocycles. The van der Waals surface area contributed by atoms with E-state index in [1.54, 1.807) is 0 Å². The van der Waals surface area contributed by atoms with E-state index in [1.165, 1.54) is 0 Å². The molecule has 0 aliphatic heterocycles. The molecule has 1 aromatic rings. The lowest BCUT2D eigenvalue weighted by Crippen LogP contribution is -2.27. The number of rotatable bonds is 4. The maximum Gasteiger partial charge on any atom is 0.0786 e. The van der Waals surface area contributed by atoms with E-state index in [0.29, 0.717) is 6.61 Å². The Bertz CT molecular complexity index is 268. The van der Waals surface area contributed by atoms with Crippen LogP contribution in [0.1, 0.15) is 26.5 Å². The van der Waals surface area contributed by atoms with Gasteiger partial charge in [0.1, 0.15) is 0 Å². The van der Waals surface area contributed by atoms with Crippen LogP contribution in [0, 0.1) is 0 Å². The van der Waals surface area contributed by atoms with Crippen LogP contribution in [-0.4, -0.2) is 16.4 Å². The van der Waals surface area contributed by atoms with Crippen molar-refractivity contribution in [1.29, 1.82) is 0 Å². The molecule has 0 amide bonds. The Hall–Kier alpha value is -0.870. The Morgan fingerprint density at radius 1 is 1.62 bits per heavy atom. The topological polar surface area (TPSA) is 53.1 Å². The quantitative estimate of drug-likeness (QED) is 0.710. The number of nitrogens with two attached hydrogens (primary N) is 1. The third kappa shape index (κ3) is 2.29. The van der Waals surface area contributed by atoms with Gasteiger partial charge in [-0.05, 0) is 13.0 Å². The number of hydrogen-bond acceptors (Lipinski definition) is 3. The van der Waals surface area contributed by atoms with Crippen LogP contribution >= 0.6 is 0 Å². The molecule has 0 aromatic carbocycles. The largest absolute Gasteiger partial charge is 0.304 e. The molecule has 1 rings (SSSR count). The van der Waals surface area contributed by atoms with Gasteiger partial charge in [0.05, 0.1) is 12.3 Å². The lowest BCUT2D eigenvalue weighted by molar-refractivity contribution is 0.0946. The Labute approximate surface area is 78.6 Å². The van der Waals surface area contributed by atoms with Gasteiger partial charge in [-0.25, -0.2) is 5.90 Å². The van der Waals surface area contributed by atoms with Crippen molar-refractivity contribution in [3.05, 3.63) is 18.0 Å². The van der Waals surface area contributed by atoms with Crippen molar-refractivity contribution in [2.75, 3.05) is 6.61 Å². The van der Waals surface area contributed by atoms with Gasteiger partial charge in [0.25, 0.3) is 0 Å². The zero-order chi connectivity index (χ0) is 9.90. The predicted molar refractivity (Wildman–Crippen MR) is 51.1 cm³/mol. The monoisotopic (exact) mass is 183 g/mol. The molecule has 4 nitrogen and oxygen atoms in total. The summed E-state index contributed by atoms with van der Waals surface area (Å²) >= 11 is 0. The standard InChI is InChI=1S/C9H17N3O/c1-4-12-6-5-8(11-12)9(2,3)7-13-10/h5-6H,4,7,10H2,1-3H3. The normalized spacial score (nSPS) is 12.0. The van der Waals surface area contributed by atoms with Gasteiger partial charge in [-0.3, -0.25) is 4.68 Å². The highest BCUT2D eigenvalue weighted by Crippen LogP contribution is 2.20. The summed E-state index contributed by atoms with van der Waals surface area (Å²) in [5, 5.41) is 4.40. The molecule has 2 N–H and O–H groups in total. The summed E-state index contributed by atoms with van der Waals surface area (Å²) in [5.74, 6) is 5.06. The van der Waals surface area contributed by atoms with Gasteiger partial charge < -0.3 is 4.84 Å². The van der Waals surface area contributed by atoms with Crippen molar-refractivity contribution in [3.8, 4) is 0 Å². The fraction of sp³-hybridized carbons (Fsp3) is 0.667. The average molecular weight is 183 g/mol. The van der Waals surface area contributed by atoms with Crippen molar-refractivity contribution < 1.29 is 4.84 Å². The first kappa shape index (κ1) is 10.2. The minimum atomic E-state index is -0.116. The first-order chi connectivity index (χ1) is 6.10. The second-order valence-electron chi connectivity index (χ2n) is 3.75. The van der Waals surface area contributed by atoms with E-state index in [-0.39, 0.29) is 5.41 Å². The summed E-state index contributed by atoms with van der Waals surface area (Å²) in [6.45, 7) is 7.54. The van der Waals surface area contributed by atoms with Crippen LogP contribution in [0.15, 0.2) is 12.3 Å². The molecule has 0 atom stereocenters. The van der Waals surface area contributed by atoms with Gasteiger partial charge in [-0.15, -0.1) is 0 Å². The first-order valence-corrected chi connectivity index (χ1v) is 4.46. The number of nitrogens with zero attached hydrogens (tertiary/aromatic N) is 2. The highest BCUT2D eigenvalue weighted by Gasteiger charge is 2.23. The highest BCUT2D eigenvalue weighted by molar-refractivity contribution is 5.12. The summed E-state index contributed by atoms with van der Waals surface area (Å²) in [6, 6.07) is 2.00.